The van der Waals surface area contributed by atoms with Crippen molar-refractivity contribution in [2.75, 3.05) is 6.54 Å². The Labute approximate surface area is 77.0 Å². The lowest BCUT2D eigenvalue weighted by molar-refractivity contribution is -0.125. The summed E-state index contributed by atoms with van der Waals surface area (Å²) in [5.41, 5.74) is 0. The molecule has 0 spiro atoms. The van der Waals surface area contributed by atoms with Crippen molar-refractivity contribution in [1.29, 1.82) is 0 Å². The number of hydrogen-bond donors (Lipinski definition) is 1. The smallest absolute Gasteiger partial charge is 0.243 e. The minimum absolute atomic E-state index is 0.0516. The van der Waals surface area contributed by atoms with E-state index >= 15 is 0 Å². The van der Waals surface area contributed by atoms with Gasteiger partial charge in [-0.15, -0.1) is 0 Å². The fourth-order valence-corrected chi connectivity index (χ4v) is 0.763. The van der Waals surface area contributed by atoms with Crippen LogP contribution >= 0.6 is 0 Å². The molecule has 0 aliphatic heterocycles. The van der Waals surface area contributed by atoms with E-state index in [2.05, 4.69) is 11.9 Å². The largest absolute Gasteiger partial charge is 0.352 e. The van der Waals surface area contributed by atoms with Crippen LogP contribution in [0.2, 0.25) is 0 Å². The van der Waals surface area contributed by atoms with Gasteiger partial charge < -0.3 is 5.32 Å². The van der Waals surface area contributed by atoms with E-state index in [4.69, 9.17) is 0 Å². The van der Waals surface area contributed by atoms with E-state index in [1.54, 1.807) is 0 Å². The van der Waals surface area contributed by atoms with Crippen LogP contribution in [0.3, 0.4) is 0 Å². The Morgan fingerprint density at radius 1 is 1.38 bits per heavy atom. The average Bonchev–Trinajstić information content (AvgIpc) is 2.02. The topological polar surface area (TPSA) is 63.2 Å². The summed E-state index contributed by atoms with van der Waals surface area (Å²) < 4.78 is 0. The van der Waals surface area contributed by atoms with Gasteiger partial charge in [0, 0.05) is 13.0 Å². The maximum Gasteiger partial charge on any atom is 0.243 e. The summed E-state index contributed by atoms with van der Waals surface area (Å²) in [4.78, 5) is 32.0. The average molecular weight is 183 g/mol. The van der Waals surface area contributed by atoms with Gasteiger partial charge in [-0.1, -0.05) is 6.58 Å². The molecule has 1 amide bonds. The number of hydrogen-bond acceptors (Lipinski definition) is 3. The first kappa shape index (κ1) is 11.6. The van der Waals surface area contributed by atoms with Gasteiger partial charge >= 0.3 is 0 Å². The molecular formula is C9H13NO3. The molecule has 0 aromatic carbocycles. The van der Waals surface area contributed by atoms with E-state index in [1.807, 2.05) is 0 Å². The van der Waals surface area contributed by atoms with Crippen LogP contribution in [0.4, 0.5) is 0 Å². The van der Waals surface area contributed by atoms with Crippen LogP contribution in [-0.2, 0) is 14.4 Å². The molecule has 0 bridgehead atoms. The third-order valence-electron chi connectivity index (χ3n) is 1.33. The van der Waals surface area contributed by atoms with Crippen molar-refractivity contribution in [2.45, 2.75) is 19.8 Å². The lowest BCUT2D eigenvalue weighted by Gasteiger charge is -1.99. The van der Waals surface area contributed by atoms with E-state index in [0.29, 0.717) is 0 Å². The lowest BCUT2D eigenvalue weighted by Crippen LogP contribution is -2.24. The highest BCUT2D eigenvalue weighted by atomic mass is 16.2. The zero-order valence-corrected chi connectivity index (χ0v) is 7.63. The minimum atomic E-state index is -0.310. The summed E-state index contributed by atoms with van der Waals surface area (Å²) in [7, 11) is 0. The Hall–Kier alpha value is -1.45. The zero-order valence-electron chi connectivity index (χ0n) is 7.63. The summed E-state index contributed by atoms with van der Waals surface area (Å²) in [6.07, 6.45) is 1.28. The normalized spacial score (nSPS) is 9.00. The highest BCUT2D eigenvalue weighted by Crippen LogP contribution is 1.89. The standard InChI is InChI=1S/C9H13NO3/c1-3-9(13)10-5-4-8(12)6-7(2)11/h3H,1,4-6H2,2H3,(H,10,13). The SMILES string of the molecule is C=CC(=O)NCCC(=O)CC(C)=O. The van der Waals surface area contributed by atoms with Crippen LogP contribution in [0.25, 0.3) is 0 Å². The number of carbonyl (C=O) groups is 3. The van der Waals surface area contributed by atoms with Crippen LogP contribution in [0.1, 0.15) is 19.8 Å². The molecule has 0 saturated carbocycles. The van der Waals surface area contributed by atoms with Gasteiger partial charge in [0.05, 0.1) is 6.42 Å². The van der Waals surface area contributed by atoms with Gasteiger partial charge in [-0.05, 0) is 13.0 Å². The van der Waals surface area contributed by atoms with Crippen LogP contribution in [0, 0.1) is 0 Å². The van der Waals surface area contributed by atoms with Crippen LogP contribution in [-0.4, -0.2) is 24.0 Å². The lowest BCUT2D eigenvalue weighted by atomic mass is 10.2. The highest BCUT2D eigenvalue weighted by molar-refractivity contribution is 5.98. The van der Waals surface area contributed by atoms with Crippen LogP contribution in [0.5, 0.6) is 0 Å². The number of nitrogens with one attached hydrogen (secondary N) is 1. The second-order valence-corrected chi connectivity index (χ2v) is 2.66. The third kappa shape index (κ3) is 6.93. The maximum absolute atomic E-state index is 10.9. The van der Waals surface area contributed by atoms with Crippen molar-refractivity contribution in [2.24, 2.45) is 0 Å². The van der Waals surface area contributed by atoms with Crippen molar-refractivity contribution in [3.05, 3.63) is 12.7 Å². The molecule has 72 valence electrons. The molecule has 0 unspecified atom stereocenters. The number of ketones is 2. The minimum Gasteiger partial charge on any atom is -0.352 e. The Kier molecular flexibility index (Phi) is 5.43. The molecule has 0 saturated heterocycles. The summed E-state index contributed by atoms with van der Waals surface area (Å²) in [6, 6.07) is 0. The Morgan fingerprint density at radius 3 is 2.46 bits per heavy atom. The van der Waals surface area contributed by atoms with E-state index in [1.165, 1.54) is 6.92 Å². The molecule has 0 aliphatic rings. The van der Waals surface area contributed by atoms with E-state index in [0.717, 1.165) is 6.08 Å². The molecule has 13 heavy (non-hydrogen) atoms. The van der Waals surface area contributed by atoms with Gasteiger partial charge in [0.2, 0.25) is 5.91 Å². The monoisotopic (exact) mass is 183 g/mol. The number of carbonyl (C=O) groups excluding carboxylic acids is 3. The predicted octanol–water partition coefficient (Wildman–Crippen LogP) is 0.227. The first-order valence-electron chi connectivity index (χ1n) is 3.97. The van der Waals surface area contributed by atoms with Crippen molar-refractivity contribution >= 4 is 17.5 Å². The van der Waals surface area contributed by atoms with E-state index < -0.39 is 0 Å². The Bertz CT molecular complexity index is 233. The molecule has 1 N–H and O–H groups in total. The predicted molar refractivity (Wildman–Crippen MR) is 48.1 cm³/mol. The summed E-state index contributed by atoms with van der Waals surface area (Å²) in [5.74, 6) is -0.618. The molecule has 0 atom stereocenters. The van der Waals surface area contributed by atoms with E-state index in [-0.39, 0.29) is 36.9 Å². The second kappa shape index (κ2) is 6.11. The molecule has 0 aliphatic carbocycles. The summed E-state index contributed by atoms with van der Waals surface area (Å²) >= 11 is 0. The van der Waals surface area contributed by atoms with Gasteiger partial charge in [-0.3, -0.25) is 14.4 Å². The molecule has 0 aromatic rings. The van der Waals surface area contributed by atoms with Gasteiger partial charge in [0.15, 0.2) is 0 Å². The number of amides is 1. The van der Waals surface area contributed by atoms with Crippen LogP contribution in [0.15, 0.2) is 12.7 Å². The highest BCUT2D eigenvalue weighted by Gasteiger charge is 2.04. The molecule has 4 heteroatoms. The fourth-order valence-electron chi connectivity index (χ4n) is 0.763. The van der Waals surface area contributed by atoms with Crippen molar-refractivity contribution < 1.29 is 14.4 Å². The van der Waals surface area contributed by atoms with Crippen LogP contribution < -0.4 is 5.32 Å². The van der Waals surface area contributed by atoms with E-state index in [9.17, 15) is 14.4 Å². The summed E-state index contributed by atoms with van der Waals surface area (Å²) in [6.45, 7) is 4.88. The Balaban J connectivity index is 3.53. The van der Waals surface area contributed by atoms with Crippen molar-refractivity contribution in [3.63, 3.8) is 0 Å². The molecule has 0 rings (SSSR count). The van der Waals surface area contributed by atoms with Crippen molar-refractivity contribution in [3.8, 4) is 0 Å². The van der Waals surface area contributed by atoms with Crippen molar-refractivity contribution in [1.82, 2.24) is 5.32 Å². The number of rotatable bonds is 6. The first-order valence-corrected chi connectivity index (χ1v) is 3.97. The molecule has 0 heterocycles. The van der Waals surface area contributed by atoms with Gasteiger partial charge in [-0.2, -0.15) is 0 Å². The summed E-state index contributed by atoms with van der Waals surface area (Å²) in [5, 5.41) is 2.45. The molecule has 0 aromatic heterocycles. The molecule has 0 radical (unpaired) electrons. The quantitative estimate of drug-likeness (QED) is 0.473. The van der Waals surface area contributed by atoms with Gasteiger partial charge in [0.1, 0.15) is 11.6 Å². The molecule has 0 fully saturated rings. The third-order valence-corrected chi connectivity index (χ3v) is 1.33. The number of Topliss-reactive ketones (excluding diaryl/α,β-unsaturated/α-hetero) is 2. The zero-order chi connectivity index (χ0) is 10.3. The van der Waals surface area contributed by atoms with Gasteiger partial charge in [-0.25, -0.2) is 0 Å². The molecular weight excluding hydrogens is 170 g/mol. The first-order chi connectivity index (χ1) is 6.06. The maximum atomic E-state index is 10.9. The van der Waals surface area contributed by atoms with Gasteiger partial charge in [0.25, 0.3) is 0 Å². The Morgan fingerprint density at radius 2 is 2.00 bits per heavy atom. The molecule has 4 nitrogen and oxygen atoms in total. The second-order valence-electron chi connectivity index (χ2n) is 2.66. The fraction of sp³-hybridized carbons (Fsp3) is 0.444.